The van der Waals surface area contributed by atoms with Gasteiger partial charge in [0.1, 0.15) is 6.07 Å². The summed E-state index contributed by atoms with van der Waals surface area (Å²) in [6.45, 7) is 0. The Bertz CT molecular complexity index is 134. The molecule has 0 unspecified atom stereocenters. The molecule has 0 bridgehead atoms. The van der Waals surface area contributed by atoms with Gasteiger partial charge in [0.15, 0.2) is 0 Å². The van der Waals surface area contributed by atoms with Crippen LogP contribution in [-0.4, -0.2) is 5.84 Å². The summed E-state index contributed by atoms with van der Waals surface area (Å²) in [6.07, 6.45) is 0. The second-order valence-electron chi connectivity index (χ2n) is 0.767. The number of amidine groups is 1. The van der Waals surface area contributed by atoms with Crippen molar-refractivity contribution in [1.82, 2.24) is 4.72 Å². The third kappa shape index (κ3) is 1.01. The highest BCUT2D eigenvalue weighted by Gasteiger charge is 2.05. The van der Waals surface area contributed by atoms with Gasteiger partial charge < -0.3 is 0 Å². The van der Waals surface area contributed by atoms with Gasteiger partial charge >= 0.3 is 0 Å². The molecule has 1 aliphatic heterocycles. The van der Waals surface area contributed by atoms with Gasteiger partial charge in [-0.25, -0.2) is 0 Å². The van der Waals surface area contributed by atoms with Crippen molar-refractivity contribution in [3.05, 3.63) is 0 Å². The highest BCUT2D eigenvalue weighted by atomic mass is 33.1. The van der Waals surface area contributed by atoms with E-state index < -0.39 is 0 Å². The Morgan fingerprint density at radius 1 is 1.57 bits per heavy atom. The minimum atomic E-state index is 0.273. The zero-order valence-electron chi connectivity index (χ0n) is 3.16. The minimum absolute atomic E-state index is 0.273. The lowest BCUT2D eigenvalue weighted by atomic mass is 10.7. The molecule has 1 rings (SSSR count). The molecular weight excluding hydrogens is 130 g/mol. The van der Waals surface area contributed by atoms with Gasteiger partial charge in [0.25, 0.3) is 0 Å². The first-order valence-corrected chi connectivity index (χ1v) is 3.52. The Morgan fingerprint density at radius 2 is 2.43 bits per heavy atom. The standard InChI is InChI=1S/C2N3S2/c3-1-2-4-6-7-5-2. The molecule has 7 heavy (non-hydrogen) atoms. The van der Waals surface area contributed by atoms with E-state index in [4.69, 9.17) is 5.26 Å². The molecule has 0 saturated heterocycles. The highest BCUT2D eigenvalue weighted by molar-refractivity contribution is 8.76. The van der Waals surface area contributed by atoms with Gasteiger partial charge in [-0.1, -0.05) is 0 Å². The fraction of sp³-hybridized carbons (Fsp3) is 0. The molecule has 0 aromatic carbocycles. The number of hydrogen-bond donors (Lipinski definition) is 0. The van der Waals surface area contributed by atoms with Gasteiger partial charge in [-0.2, -0.15) is 14.4 Å². The Labute approximate surface area is 48.9 Å². The molecule has 0 fully saturated rings. The summed E-state index contributed by atoms with van der Waals surface area (Å²) >= 11 is 0. The molecule has 1 aliphatic rings. The Hall–Kier alpha value is -0.340. The molecule has 0 atom stereocenters. The molecule has 0 amide bonds. The number of nitrogens with zero attached hydrogens (tertiary/aromatic N) is 3. The smallest absolute Gasteiger partial charge is 0.189 e. The van der Waals surface area contributed by atoms with E-state index in [1.807, 2.05) is 0 Å². The maximum Gasteiger partial charge on any atom is 0.247 e. The third-order valence-electron chi connectivity index (χ3n) is 0.381. The Kier molecular flexibility index (Phi) is 1.44. The maximum atomic E-state index is 8.06. The lowest BCUT2D eigenvalue weighted by Crippen LogP contribution is -1.97. The molecule has 0 spiro atoms. The van der Waals surface area contributed by atoms with Gasteiger partial charge in [0.05, 0.1) is 22.0 Å². The van der Waals surface area contributed by atoms with Crippen LogP contribution in [-0.2, 0) is 0 Å². The second-order valence-corrected chi connectivity index (χ2v) is 2.32. The zero-order chi connectivity index (χ0) is 5.11. The highest BCUT2D eigenvalue weighted by Crippen LogP contribution is 2.25. The summed E-state index contributed by atoms with van der Waals surface area (Å²) in [4.78, 5) is 0. The Morgan fingerprint density at radius 3 is 2.71 bits per heavy atom. The van der Waals surface area contributed by atoms with Crippen molar-refractivity contribution in [2.45, 2.75) is 0 Å². The molecule has 0 aromatic rings. The first-order valence-electron chi connectivity index (χ1n) is 1.45. The van der Waals surface area contributed by atoms with E-state index in [0.29, 0.717) is 0 Å². The number of nitriles is 1. The van der Waals surface area contributed by atoms with Crippen LogP contribution in [0, 0.1) is 11.3 Å². The van der Waals surface area contributed by atoms with E-state index in [2.05, 4.69) is 9.12 Å². The monoisotopic (exact) mass is 130 g/mol. The molecule has 0 N–H and O–H groups in total. The normalized spacial score (nSPS) is 17.3. The van der Waals surface area contributed by atoms with Crippen molar-refractivity contribution in [1.29, 1.82) is 5.26 Å². The number of hydrogen-bond acceptors (Lipinski definition) is 4. The van der Waals surface area contributed by atoms with Gasteiger partial charge in [-0.3, -0.25) is 0 Å². The summed E-state index contributed by atoms with van der Waals surface area (Å²) in [5.74, 6) is 0.273. The van der Waals surface area contributed by atoms with Crippen LogP contribution in [0.3, 0.4) is 0 Å². The molecule has 35 valence electrons. The average Bonchev–Trinajstić information content (AvgIpc) is 2.14. The van der Waals surface area contributed by atoms with Crippen molar-refractivity contribution in [2.24, 2.45) is 4.40 Å². The fourth-order valence-electron chi connectivity index (χ4n) is 0.161. The lowest BCUT2D eigenvalue weighted by Gasteiger charge is -1.72. The fourth-order valence-corrected chi connectivity index (χ4v) is 1.21. The summed E-state index contributed by atoms with van der Waals surface area (Å²) in [7, 11) is 2.44. The van der Waals surface area contributed by atoms with E-state index >= 15 is 0 Å². The molecular formula is C2N3S2. The minimum Gasteiger partial charge on any atom is -0.189 e. The van der Waals surface area contributed by atoms with Crippen LogP contribution >= 0.6 is 22.0 Å². The topological polar surface area (TPSA) is 50.2 Å². The van der Waals surface area contributed by atoms with E-state index in [1.54, 1.807) is 6.07 Å². The van der Waals surface area contributed by atoms with Gasteiger partial charge in [0.2, 0.25) is 5.84 Å². The van der Waals surface area contributed by atoms with Gasteiger partial charge in [-0.15, -0.1) is 0 Å². The van der Waals surface area contributed by atoms with E-state index in [1.165, 1.54) is 22.0 Å². The molecule has 1 radical (unpaired) electrons. The molecule has 0 aromatic heterocycles. The first kappa shape index (κ1) is 4.81. The summed E-state index contributed by atoms with van der Waals surface area (Å²) in [5, 5.41) is 8.06. The Balaban J connectivity index is 2.57. The summed E-state index contributed by atoms with van der Waals surface area (Å²) < 4.78 is 7.25. The van der Waals surface area contributed by atoms with E-state index in [0.717, 1.165) is 0 Å². The average molecular weight is 130 g/mol. The van der Waals surface area contributed by atoms with Crippen LogP contribution in [0.25, 0.3) is 0 Å². The van der Waals surface area contributed by atoms with Crippen LogP contribution in [0.5, 0.6) is 0 Å². The van der Waals surface area contributed by atoms with Crippen LogP contribution < -0.4 is 4.72 Å². The van der Waals surface area contributed by atoms with Crippen molar-refractivity contribution in [2.75, 3.05) is 0 Å². The SMILES string of the molecule is N#CC1=NSS[N]1. The van der Waals surface area contributed by atoms with Crippen LogP contribution in [0.1, 0.15) is 0 Å². The maximum absolute atomic E-state index is 8.06. The molecule has 1 heterocycles. The largest absolute Gasteiger partial charge is 0.247 e. The molecule has 3 nitrogen and oxygen atoms in total. The van der Waals surface area contributed by atoms with Crippen LogP contribution in [0.15, 0.2) is 4.40 Å². The van der Waals surface area contributed by atoms with Crippen LogP contribution in [0.2, 0.25) is 0 Å². The van der Waals surface area contributed by atoms with Gasteiger partial charge in [0, 0.05) is 0 Å². The van der Waals surface area contributed by atoms with Crippen molar-refractivity contribution >= 4 is 27.8 Å². The summed E-state index contributed by atoms with van der Waals surface area (Å²) in [5.41, 5.74) is 0. The van der Waals surface area contributed by atoms with Crippen LogP contribution in [0.4, 0.5) is 0 Å². The second kappa shape index (κ2) is 2.09. The predicted molar refractivity (Wildman–Crippen MR) is 30.4 cm³/mol. The first-order chi connectivity index (χ1) is 3.43. The zero-order valence-corrected chi connectivity index (χ0v) is 4.79. The molecule has 5 heteroatoms. The van der Waals surface area contributed by atoms with E-state index in [-0.39, 0.29) is 5.84 Å². The van der Waals surface area contributed by atoms with Crippen molar-refractivity contribution in [3.8, 4) is 6.07 Å². The van der Waals surface area contributed by atoms with Crippen molar-refractivity contribution < 1.29 is 0 Å². The predicted octanol–water partition coefficient (Wildman–Crippen LogP) is 0.738. The third-order valence-corrected chi connectivity index (χ3v) is 1.59. The molecule has 0 aliphatic carbocycles. The van der Waals surface area contributed by atoms with E-state index in [9.17, 15) is 0 Å². The number of rotatable bonds is 0. The summed E-state index contributed by atoms with van der Waals surface area (Å²) in [6, 6.07) is 1.81. The molecule has 0 saturated carbocycles. The quantitative estimate of drug-likeness (QED) is 0.359. The lowest BCUT2D eigenvalue weighted by molar-refractivity contribution is 1.48. The van der Waals surface area contributed by atoms with Crippen molar-refractivity contribution in [3.63, 3.8) is 0 Å². The van der Waals surface area contributed by atoms with Gasteiger partial charge in [-0.05, 0) is 0 Å².